The zero-order chi connectivity index (χ0) is 13.0. The van der Waals surface area contributed by atoms with Gasteiger partial charge < -0.3 is 4.90 Å². The van der Waals surface area contributed by atoms with Crippen LogP contribution in [0.1, 0.15) is 52.4 Å². The van der Waals surface area contributed by atoms with Crippen LogP contribution in [0, 0.1) is 5.92 Å². The molecule has 2 saturated heterocycles. The Kier molecular flexibility index (Phi) is 5.04. The fourth-order valence-corrected chi connectivity index (χ4v) is 3.42. The van der Waals surface area contributed by atoms with Crippen molar-refractivity contribution in [2.75, 3.05) is 26.2 Å². The van der Waals surface area contributed by atoms with Gasteiger partial charge in [0.25, 0.3) is 0 Å². The van der Waals surface area contributed by atoms with Crippen LogP contribution >= 0.6 is 0 Å². The summed E-state index contributed by atoms with van der Waals surface area (Å²) in [6, 6.07) is 0.643. The lowest BCUT2D eigenvalue weighted by Gasteiger charge is -2.37. The van der Waals surface area contributed by atoms with Gasteiger partial charge in [-0.3, -0.25) is 9.69 Å². The van der Waals surface area contributed by atoms with Crippen molar-refractivity contribution in [3.05, 3.63) is 0 Å². The Morgan fingerprint density at radius 1 is 1.17 bits per heavy atom. The van der Waals surface area contributed by atoms with E-state index in [1.807, 2.05) is 0 Å². The molecule has 0 bridgehead atoms. The Morgan fingerprint density at radius 2 is 2.00 bits per heavy atom. The molecule has 3 nitrogen and oxygen atoms in total. The van der Waals surface area contributed by atoms with Crippen LogP contribution < -0.4 is 0 Å². The topological polar surface area (TPSA) is 23.6 Å². The van der Waals surface area contributed by atoms with Crippen LogP contribution in [-0.2, 0) is 4.79 Å². The number of nitrogens with zero attached hydrogens (tertiary/aromatic N) is 2. The third-order valence-corrected chi connectivity index (χ3v) is 4.57. The van der Waals surface area contributed by atoms with Gasteiger partial charge in [-0.15, -0.1) is 0 Å². The molecule has 18 heavy (non-hydrogen) atoms. The van der Waals surface area contributed by atoms with Gasteiger partial charge in [-0.25, -0.2) is 0 Å². The Morgan fingerprint density at radius 3 is 2.72 bits per heavy atom. The van der Waals surface area contributed by atoms with Gasteiger partial charge in [-0.05, 0) is 44.6 Å². The molecule has 0 N–H and O–H groups in total. The maximum absolute atomic E-state index is 12.4. The predicted octanol–water partition coefficient (Wildman–Crippen LogP) is 2.51. The highest BCUT2D eigenvalue weighted by Gasteiger charge is 2.26. The van der Waals surface area contributed by atoms with E-state index in [9.17, 15) is 4.79 Å². The largest absolute Gasteiger partial charge is 0.341 e. The summed E-state index contributed by atoms with van der Waals surface area (Å²) in [4.78, 5) is 16.9. The van der Waals surface area contributed by atoms with E-state index in [1.165, 1.54) is 38.5 Å². The maximum atomic E-state index is 12.4. The van der Waals surface area contributed by atoms with Crippen LogP contribution in [0.25, 0.3) is 0 Å². The molecule has 0 aromatic heterocycles. The van der Waals surface area contributed by atoms with E-state index in [1.54, 1.807) is 0 Å². The van der Waals surface area contributed by atoms with E-state index in [4.69, 9.17) is 0 Å². The monoisotopic (exact) mass is 252 g/mol. The lowest BCUT2D eigenvalue weighted by Crippen LogP contribution is -2.48. The second-order valence-corrected chi connectivity index (χ2v) is 6.12. The summed E-state index contributed by atoms with van der Waals surface area (Å²) in [7, 11) is 0. The van der Waals surface area contributed by atoms with Crippen LogP contribution in [0.3, 0.4) is 0 Å². The molecule has 0 spiro atoms. The molecule has 104 valence electrons. The quantitative estimate of drug-likeness (QED) is 0.770. The van der Waals surface area contributed by atoms with Crippen LogP contribution in [-0.4, -0.2) is 47.9 Å². The zero-order valence-corrected chi connectivity index (χ0v) is 12.0. The molecule has 2 aliphatic heterocycles. The molecule has 3 heteroatoms. The van der Waals surface area contributed by atoms with Gasteiger partial charge in [-0.1, -0.05) is 20.3 Å². The highest BCUT2D eigenvalue weighted by atomic mass is 16.2. The number of piperidine rings is 2. The maximum Gasteiger partial charge on any atom is 0.236 e. The number of amides is 1. The predicted molar refractivity (Wildman–Crippen MR) is 74.5 cm³/mol. The van der Waals surface area contributed by atoms with Gasteiger partial charge >= 0.3 is 0 Å². The molecular formula is C15H28N2O. The first kappa shape index (κ1) is 13.9. The summed E-state index contributed by atoms with van der Waals surface area (Å²) in [6.45, 7) is 8.24. The molecule has 1 amide bonds. The lowest BCUT2D eigenvalue weighted by molar-refractivity contribution is -0.135. The van der Waals surface area contributed by atoms with Gasteiger partial charge in [0.05, 0.1) is 6.54 Å². The number of carbonyl (C=O) groups is 1. The van der Waals surface area contributed by atoms with Crippen LogP contribution in [0.15, 0.2) is 0 Å². The minimum Gasteiger partial charge on any atom is -0.341 e. The van der Waals surface area contributed by atoms with E-state index in [-0.39, 0.29) is 0 Å². The van der Waals surface area contributed by atoms with Gasteiger partial charge in [0.15, 0.2) is 0 Å². The molecule has 2 heterocycles. The molecule has 0 aromatic rings. The summed E-state index contributed by atoms with van der Waals surface area (Å²) in [6.07, 6.45) is 7.53. The molecule has 0 aliphatic carbocycles. The Bertz CT molecular complexity index is 280. The molecular weight excluding hydrogens is 224 g/mol. The van der Waals surface area contributed by atoms with Crippen LogP contribution in [0.4, 0.5) is 0 Å². The average Bonchev–Trinajstić information content (AvgIpc) is 2.39. The summed E-state index contributed by atoms with van der Waals surface area (Å²) in [5.74, 6) is 1.05. The fraction of sp³-hybridized carbons (Fsp3) is 0.933. The number of hydrogen-bond donors (Lipinski definition) is 0. The number of rotatable bonds is 3. The third kappa shape index (κ3) is 3.47. The second kappa shape index (κ2) is 6.55. The SMILES string of the molecule is CCC1CCCCN1CC(=O)N1CCCC(C)C1. The fourth-order valence-electron chi connectivity index (χ4n) is 3.42. The second-order valence-electron chi connectivity index (χ2n) is 6.12. The van der Waals surface area contributed by atoms with E-state index in [0.717, 1.165) is 19.6 Å². The van der Waals surface area contributed by atoms with Crippen molar-refractivity contribution in [3.8, 4) is 0 Å². The van der Waals surface area contributed by atoms with Crippen molar-refractivity contribution in [2.24, 2.45) is 5.92 Å². The molecule has 2 aliphatic rings. The van der Waals surface area contributed by atoms with Crippen LogP contribution in [0.5, 0.6) is 0 Å². The van der Waals surface area contributed by atoms with Crippen LogP contribution in [0.2, 0.25) is 0 Å². The summed E-state index contributed by atoms with van der Waals surface area (Å²) < 4.78 is 0. The van der Waals surface area contributed by atoms with Gasteiger partial charge in [0.1, 0.15) is 0 Å². The normalized spacial score (nSPS) is 30.4. The molecule has 0 radical (unpaired) electrons. The summed E-state index contributed by atoms with van der Waals surface area (Å²) >= 11 is 0. The van der Waals surface area contributed by atoms with Crippen molar-refractivity contribution >= 4 is 5.91 Å². The van der Waals surface area contributed by atoms with E-state index in [2.05, 4.69) is 23.6 Å². The molecule has 0 saturated carbocycles. The van der Waals surface area contributed by atoms with E-state index < -0.39 is 0 Å². The first-order valence-corrected chi connectivity index (χ1v) is 7.72. The lowest BCUT2D eigenvalue weighted by atomic mass is 9.99. The first-order valence-electron chi connectivity index (χ1n) is 7.72. The van der Waals surface area contributed by atoms with Crippen molar-refractivity contribution in [2.45, 2.75) is 58.4 Å². The van der Waals surface area contributed by atoms with Crippen molar-refractivity contribution < 1.29 is 4.79 Å². The van der Waals surface area contributed by atoms with Crippen molar-refractivity contribution in [1.29, 1.82) is 0 Å². The molecule has 2 fully saturated rings. The summed E-state index contributed by atoms with van der Waals surface area (Å²) in [5.41, 5.74) is 0. The number of likely N-dealkylation sites (tertiary alicyclic amines) is 2. The highest BCUT2D eigenvalue weighted by Crippen LogP contribution is 2.20. The van der Waals surface area contributed by atoms with Crippen molar-refractivity contribution in [1.82, 2.24) is 9.80 Å². The standard InChI is InChI=1S/C15H28N2O/c1-3-14-8-4-5-9-16(14)12-15(18)17-10-6-7-13(2)11-17/h13-14H,3-12H2,1-2H3. The zero-order valence-electron chi connectivity index (χ0n) is 12.0. The minimum atomic E-state index is 0.363. The third-order valence-electron chi connectivity index (χ3n) is 4.57. The van der Waals surface area contributed by atoms with Crippen molar-refractivity contribution in [3.63, 3.8) is 0 Å². The van der Waals surface area contributed by atoms with Gasteiger partial charge in [-0.2, -0.15) is 0 Å². The first-order chi connectivity index (χ1) is 8.70. The van der Waals surface area contributed by atoms with Gasteiger partial charge in [0.2, 0.25) is 5.91 Å². The number of carbonyl (C=O) groups excluding carboxylic acids is 1. The van der Waals surface area contributed by atoms with E-state index in [0.29, 0.717) is 24.4 Å². The Labute approximate surface area is 112 Å². The molecule has 2 atom stereocenters. The van der Waals surface area contributed by atoms with E-state index >= 15 is 0 Å². The summed E-state index contributed by atoms with van der Waals surface area (Å²) in [5, 5.41) is 0. The minimum absolute atomic E-state index is 0.363. The molecule has 2 rings (SSSR count). The Hall–Kier alpha value is -0.570. The molecule has 0 aromatic carbocycles. The molecule has 2 unspecified atom stereocenters. The average molecular weight is 252 g/mol. The highest BCUT2D eigenvalue weighted by molar-refractivity contribution is 5.78. The Balaban J connectivity index is 1.85. The number of hydrogen-bond acceptors (Lipinski definition) is 2. The smallest absolute Gasteiger partial charge is 0.236 e. The van der Waals surface area contributed by atoms with Gasteiger partial charge in [0, 0.05) is 19.1 Å².